The standard InChI is InChI=1S/C33H33N3O3/c1-33(2)29(22-16-10-6-11-17-22)27-25(36(32(33)39)34(3)4)20-24(21-14-8-5-9-15-21)26-28(27)31(38)35(30(26)37)23-18-12-7-13-19-23/h5-20,24,26-29H,1-4H3/t24-,26-,27-,28-,29-/m1/s1. The molecule has 0 saturated carbocycles. The molecule has 5 atom stereocenters. The summed E-state index contributed by atoms with van der Waals surface area (Å²) in [4.78, 5) is 44.3. The van der Waals surface area contributed by atoms with Gasteiger partial charge < -0.3 is 0 Å². The molecule has 2 fully saturated rings. The van der Waals surface area contributed by atoms with Gasteiger partial charge in [0.15, 0.2) is 0 Å². The summed E-state index contributed by atoms with van der Waals surface area (Å²) in [7, 11) is 3.71. The second kappa shape index (κ2) is 9.31. The second-order valence-electron chi connectivity index (χ2n) is 11.5. The van der Waals surface area contributed by atoms with Crippen molar-refractivity contribution in [3.05, 3.63) is 114 Å². The monoisotopic (exact) mass is 519 g/mol. The molecule has 6 rings (SSSR count). The summed E-state index contributed by atoms with van der Waals surface area (Å²) in [6.45, 7) is 3.93. The Labute approximate surface area is 229 Å². The van der Waals surface area contributed by atoms with Crippen molar-refractivity contribution in [1.29, 1.82) is 0 Å². The predicted octanol–water partition coefficient (Wildman–Crippen LogP) is 5.22. The topological polar surface area (TPSA) is 60.9 Å². The highest BCUT2D eigenvalue weighted by molar-refractivity contribution is 6.23. The molecule has 3 aromatic carbocycles. The molecule has 2 saturated heterocycles. The minimum Gasteiger partial charge on any atom is -0.274 e. The van der Waals surface area contributed by atoms with Crippen LogP contribution in [0.15, 0.2) is 103 Å². The van der Waals surface area contributed by atoms with E-state index in [-0.39, 0.29) is 35.5 Å². The van der Waals surface area contributed by atoms with Crippen LogP contribution in [0.1, 0.15) is 36.8 Å². The molecule has 2 heterocycles. The lowest BCUT2D eigenvalue weighted by Crippen LogP contribution is -2.60. The Balaban J connectivity index is 1.62. The van der Waals surface area contributed by atoms with Crippen molar-refractivity contribution in [1.82, 2.24) is 10.0 Å². The molecule has 2 aliphatic heterocycles. The van der Waals surface area contributed by atoms with Gasteiger partial charge in [-0.1, -0.05) is 98.8 Å². The summed E-state index contributed by atoms with van der Waals surface area (Å²) in [6, 6.07) is 29.1. The lowest BCUT2D eigenvalue weighted by Gasteiger charge is -2.54. The van der Waals surface area contributed by atoms with Gasteiger partial charge in [0, 0.05) is 37.5 Å². The summed E-state index contributed by atoms with van der Waals surface area (Å²) in [6.07, 6.45) is 2.09. The number of rotatable bonds is 4. The van der Waals surface area contributed by atoms with Gasteiger partial charge in [0.2, 0.25) is 17.7 Å². The molecule has 0 aromatic heterocycles. The first-order chi connectivity index (χ1) is 18.7. The van der Waals surface area contributed by atoms with Crippen molar-refractivity contribution < 1.29 is 14.4 Å². The molecule has 6 nitrogen and oxygen atoms in total. The van der Waals surface area contributed by atoms with E-state index in [0.717, 1.165) is 16.8 Å². The second-order valence-corrected chi connectivity index (χ2v) is 11.5. The molecule has 0 N–H and O–H groups in total. The Kier molecular flexibility index (Phi) is 6.03. The highest BCUT2D eigenvalue weighted by Crippen LogP contribution is 2.60. The zero-order valence-corrected chi connectivity index (χ0v) is 22.7. The van der Waals surface area contributed by atoms with E-state index in [1.54, 1.807) is 5.01 Å². The smallest absolute Gasteiger partial charge is 0.247 e. The molecule has 3 aromatic rings. The van der Waals surface area contributed by atoms with Crippen molar-refractivity contribution in [2.45, 2.75) is 25.7 Å². The van der Waals surface area contributed by atoms with E-state index < -0.39 is 17.3 Å². The van der Waals surface area contributed by atoms with Gasteiger partial charge in [-0.2, -0.15) is 0 Å². The van der Waals surface area contributed by atoms with Crippen LogP contribution in [0, 0.1) is 23.2 Å². The van der Waals surface area contributed by atoms with Gasteiger partial charge in [-0.05, 0) is 23.3 Å². The van der Waals surface area contributed by atoms with Gasteiger partial charge in [-0.15, -0.1) is 0 Å². The van der Waals surface area contributed by atoms with Crippen LogP contribution in [0.2, 0.25) is 0 Å². The normalized spacial score (nSPS) is 27.9. The summed E-state index contributed by atoms with van der Waals surface area (Å²) in [5, 5.41) is 3.54. The van der Waals surface area contributed by atoms with Gasteiger partial charge in [0.25, 0.3) is 0 Å². The van der Waals surface area contributed by atoms with Crippen molar-refractivity contribution in [3.63, 3.8) is 0 Å². The number of benzene rings is 3. The van der Waals surface area contributed by atoms with E-state index in [1.165, 1.54) is 4.90 Å². The number of hydrogen-bond donors (Lipinski definition) is 0. The van der Waals surface area contributed by atoms with E-state index in [0.29, 0.717) is 5.69 Å². The minimum absolute atomic E-state index is 0.0224. The lowest BCUT2D eigenvalue weighted by atomic mass is 9.55. The van der Waals surface area contributed by atoms with Crippen LogP contribution in [0.4, 0.5) is 5.69 Å². The average molecular weight is 520 g/mol. The number of imide groups is 1. The Morgan fingerprint density at radius 3 is 1.74 bits per heavy atom. The Morgan fingerprint density at radius 2 is 1.18 bits per heavy atom. The van der Waals surface area contributed by atoms with Crippen LogP contribution in [0.5, 0.6) is 0 Å². The third-order valence-electron chi connectivity index (χ3n) is 8.75. The fourth-order valence-electron chi connectivity index (χ4n) is 7.12. The maximum atomic E-state index is 14.5. The van der Waals surface area contributed by atoms with Crippen LogP contribution >= 0.6 is 0 Å². The highest BCUT2D eigenvalue weighted by Gasteiger charge is 2.64. The van der Waals surface area contributed by atoms with E-state index in [9.17, 15) is 14.4 Å². The number of allylic oxidation sites excluding steroid dienone is 2. The van der Waals surface area contributed by atoms with Crippen molar-refractivity contribution in [3.8, 4) is 0 Å². The number of hydrazine groups is 1. The predicted molar refractivity (Wildman–Crippen MR) is 150 cm³/mol. The van der Waals surface area contributed by atoms with Crippen molar-refractivity contribution in [2.24, 2.45) is 23.2 Å². The number of amides is 3. The largest absolute Gasteiger partial charge is 0.274 e. The molecule has 198 valence electrons. The summed E-state index contributed by atoms with van der Waals surface area (Å²) in [5.41, 5.74) is 2.52. The molecule has 6 heteroatoms. The van der Waals surface area contributed by atoms with Gasteiger partial charge in [0.05, 0.1) is 22.9 Å². The van der Waals surface area contributed by atoms with Crippen molar-refractivity contribution in [2.75, 3.05) is 19.0 Å². The third kappa shape index (κ3) is 3.77. The van der Waals surface area contributed by atoms with E-state index in [4.69, 9.17) is 0 Å². The van der Waals surface area contributed by atoms with E-state index >= 15 is 0 Å². The fraction of sp³-hybridized carbons (Fsp3) is 0.303. The maximum absolute atomic E-state index is 14.5. The summed E-state index contributed by atoms with van der Waals surface area (Å²) in [5.74, 6) is -2.60. The first-order valence-electron chi connectivity index (χ1n) is 13.5. The Bertz CT molecular complexity index is 1450. The first-order valence-corrected chi connectivity index (χ1v) is 13.5. The first kappa shape index (κ1) is 25.3. The summed E-state index contributed by atoms with van der Waals surface area (Å²) >= 11 is 0. The van der Waals surface area contributed by atoms with Crippen LogP contribution < -0.4 is 4.90 Å². The van der Waals surface area contributed by atoms with Crippen molar-refractivity contribution >= 4 is 23.4 Å². The SMILES string of the molecule is CN(C)N1C(=O)C(C)(C)[C@H](c2ccccc2)[C@@H]2C1=C[C@H](c1ccccc1)[C@H]1C(=O)N(c3ccccc3)C(=O)[C@@H]21. The zero-order valence-electron chi connectivity index (χ0n) is 22.7. The molecule has 39 heavy (non-hydrogen) atoms. The van der Waals surface area contributed by atoms with Crippen LogP contribution in [-0.4, -0.2) is 41.8 Å². The molecule has 3 amide bonds. The fourth-order valence-corrected chi connectivity index (χ4v) is 7.12. The molecule has 1 aliphatic carbocycles. The number of carbonyl (C=O) groups is 3. The molecular formula is C33H33N3O3. The van der Waals surface area contributed by atoms with Crippen LogP contribution in [-0.2, 0) is 14.4 Å². The molecule has 0 radical (unpaired) electrons. The molecular weight excluding hydrogens is 486 g/mol. The van der Waals surface area contributed by atoms with E-state index in [1.807, 2.05) is 124 Å². The number of hydrogen-bond acceptors (Lipinski definition) is 4. The Hall–Kier alpha value is -4.03. The Morgan fingerprint density at radius 1 is 0.667 bits per heavy atom. The number of nitrogens with zero attached hydrogens (tertiary/aromatic N) is 3. The summed E-state index contributed by atoms with van der Waals surface area (Å²) < 4.78 is 0. The van der Waals surface area contributed by atoms with E-state index in [2.05, 4.69) is 6.08 Å². The lowest BCUT2D eigenvalue weighted by molar-refractivity contribution is -0.162. The minimum atomic E-state index is -0.818. The number of para-hydroxylation sites is 1. The highest BCUT2D eigenvalue weighted by atomic mass is 16.2. The molecule has 3 aliphatic rings. The van der Waals surface area contributed by atoms with Crippen LogP contribution in [0.3, 0.4) is 0 Å². The molecule has 0 unspecified atom stereocenters. The maximum Gasteiger partial charge on any atom is 0.247 e. The molecule has 0 spiro atoms. The molecule has 0 bridgehead atoms. The van der Waals surface area contributed by atoms with Gasteiger partial charge >= 0.3 is 0 Å². The number of fused-ring (bicyclic) bond motifs is 3. The number of piperidine rings is 1. The van der Waals surface area contributed by atoms with Crippen LogP contribution in [0.25, 0.3) is 0 Å². The number of carbonyl (C=O) groups excluding carboxylic acids is 3. The van der Waals surface area contributed by atoms with Gasteiger partial charge in [-0.3, -0.25) is 19.3 Å². The van der Waals surface area contributed by atoms with Gasteiger partial charge in [0.1, 0.15) is 0 Å². The zero-order chi connectivity index (χ0) is 27.5. The van der Waals surface area contributed by atoms with Gasteiger partial charge in [-0.25, -0.2) is 10.0 Å². The third-order valence-corrected chi connectivity index (χ3v) is 8.75. The number of anilines is 1. The average Bonchev–Trinajstić information content (AvgIpc) is 3.20. The quantitative estimate of drug-likeness (QED) is 0.444.